The predicted molar refractivity (Wildman–Crippen MR) is 176 cm³/mol. The molecule has 0 fully saturated rings. The molecule has 2 N–H and O–H groups in total. The zero-order chi connectivity index (χ0) is 32.7. The third-order valence-corrected chi connectivity index (χ3v) is 11.1. The highest BCUT2D eigenvalue weighted by Gasteiger charge is 2.36. The van der Waals surface area contributed by atoms with Gasteiger partial charge in [-0.3, -0.25) is 4.98 Å². The molecule has 0 radical (unpaired) electrons. The number of hydrogen-bond acceptors (Lipinski definition) is 7. The smallest absolute Gasteiger partial charge is 0.176 e. The third kappa shape index (κ3) is 6.43. The number of nitrogens with zero attached hydrogens (tertiary/aromatic N) is 4. The molecule has 1 aliphatic rings. The molecule has 0 aliphatic carbocycles. The van der Waals surface area contributed by atoms with Crippen LogP contribution in [0, 0.1) is 11.2 Å². The molecule has 0 saturated heterocycles. The highest BCUT2D eigenvalue weighted by atomic mass is 32.2. The van der Waals surface area contributed by atoms with Crippen LogP contribution in [0.5, 0.6) is 11.5 Å². The molecule has 6 rings (SSSR count). The molecule has 3 aromatic heterocycles. The molecule has 46 heavy (non-hydrogen) atoms. The average molecular weight is 646 g/mol. The van der Waals surface area contributed by atoms with Crippen LogP contribution in [0.2, 0.25) is 0 Å². The van der Waals surface area contributed by atoms with Gasteiger partial charge in [-0.15, -0.1) is 0 Å². The van der Waals surface area contributed by atoms with E-state index in [2.05, 4.69) is 29.0 Å². The quantitative estimate of drug-likeness (QED) is 0.236. The number of rotatable bonds is 3. The molecule has 0 amide bonds. The lowest BCUT2D eigenvalue weighted by molar-refractivity contribution is 0.299. The number of aryl methyl sites for hydroxylation is 2. The molecule has 11 heteroatoms. The van der Waals surface area contributed by atoms with Crippen molar-refractivity contribution in [3.05, 3.63) is 89.3 Å². The summed E-state index contributed by atoms with van der Waals surface area (Å²) in [4.78, 5) is 12.6. The first-order valence-corrected chi connectivity index (χ1v) is 17.4. The van der Waals surface area contributed by atoms with Gasteiger partial charge < -0.3 is 14.8 Å². The molecule has 0 unspecified atom stereocenters. The van der Waals surface area contributed by atoms with Crippen LogP contribution in [0.15, 0.2) is 60.9 Å². The van der Waals surface area contributed by atoms with Crippen molar-refractivity contribution >= 4 is 20.7 Å². The number of fused-ring (bicyclic) bond motifs is 8. The fourth-order valence-corrected chi connectivity index (χ4v) is 8.63. The first kappa shape index (κ1) is 31.9. The number of aromatic amines is 1. The largest absolute Gasteiger partial charge is 0.454 e. The minimum absolute atomic E-state index is 0.00415. The van der Waals surface area contributed by atoms with Crippen molar-refractivity contribution in [2.24, 2.45) is 12.5 Å². The van der Waals surface area contributed by atoms with E-state index < -0.39 is 26.5 Å². The number of aliphatic hydroxyl groups is 1. The monoisotopic (exact) mass is 645 g/mol. The summed E-state index contributed by atoms with van der Waals surface area (Å²) in [6, 6.07) is 14.6. The van der Waals surface area contributed by atoms with Gasteiger partial charge in [-0.2, -0.15) is 5.10 Å². The Bertz CT molecular complexity index is 2000. The lowest BCUT2D eigenvalue weighted by Gasteiger charge is -2.30. The van der Waals surface area contributed by atoms with Crippen LogP contribution in [-0.4, -0.2) is 56.4 Å². The lowest BCUT2D eigenvalue weighted by Crippen LogP contribution is -2.29. The van der Waals surface area contributed by atoms with Crippen LogP contribution < -0.4 is 4.74 Å². The Balaban J connectivity index is 1.49. The second-order valence-corrected chi connectivity index (χ2v) is 15.5. The number of pyridine rings is 1. The molecule has 0 saturated carbocycles. The molecule has 5 aromatic rings. The number of aliphatic hydroxyl groups excluding tert-OH is 1. The molecule has 242 valence electrons. The van der Waals surface area contributed by atoms with Gasteiger partial charge in [0, 0.05) is 54.6 Å². The van der Waals surface area contributed by atoms with E-state index in [1.165, 1.54) is 6.07 Å². The highest BCUT2D eigenvalue weighted by Crippen LogP contribution is 2.40. The molecular formula is C35H40FN5O4S. The summed E-state index contributed by atoms with van der Waals surface area (Å²) in [6.45, 7) is 6.13. The van der Waals surface area contributed by atoms with Gasteiger partial charge in [0.1, 0.15) is 11.4 Å². The van der Waals surface area contributed by atoms with E-state index in [-0.39, 0.29) is 30.3 Å². The Labute approximate surface area is 268 Å². The molecular weight excluding hydrogens is 605 g/mol. The van der Waals surface area contributed by atoms with Crippen molar-refractivity contribution in [2.45, 2.75) is 58.3 Å². The first-order chi connectivity index (χ1) is 21.9. The third-order valence-electron chi connectivity index (χ3n) is 9.07. The highest BCUT2D eigenvalue weighted by molar-refractivity contribution is 7.91. The summed E-state index contributed by atoms with van der Waals surface area (Å²) in [7, 11) is -1.70. The van der Waals surface area contributed by atoms with Gasteiger partial charge >= 0.3 is 0 Å². The Morgan fingerprint density at radius 1 is 1.11 bits per heavy atom. The number of aromatic nitrogens is 5. The van der Waals surface area contributed by atoms with Crippen molar-refractivity contribution in [3.8, 4) is 23.0 Å². The van der Waals surface area contributed by atoms with E-state index in [0.717, 1.165) is 22.9 Å². The first-order valence-electron chi connectivity index (χ1n) is 15.6. The summed E-state index contributed by atoms with van der Waals surface area (Å²) in [6.07, 6.45) is 6.00. The molecule has 0 spiro atoms. The molecule has 1 atom stereocenters. The Morgan fingerprint density at radius 3 is 2.74 bits per heavy atom. The van der Waals surface area contributed by atoms with Crippen LogP contribution in [0.25, 0.3) is 22.4 Å². The summed E-state index contributed by atoms with van der Waals surface area (Å²) in [5.74, 6) is 0.763. The van der Waals surface area contributed by atoms with E-state index in [9.17, 15) is 13.5 Å². The van der Waals surface area contributed by atoms with E-state index in [1.807, 2.05) is 39.1 Å². The van der Waals surface area contributed by atoms with Crippen LogP contribution in [0.4, 0.5) is 4.39 Å². The Kier molecular flexibility index (Phi) is 8.49. The van der Waals surface area contributed by atoms with Gasteiger partial charge in [-0.05, 0) is 61.3 Å². The average Bonchev–Trinajstić information content (AvgIpc) is 3.63. The van der Waals surface area contributed by atoms with Crippen LogP contribution >= 0.6 is 0 Å². The van der Waals surface area contributed by atoms with Crippen molar-refractivity contribution < 1.29 is 22.7 Å². The minimum atomic E-state index is -3.51. The summed E-state index contributed by atoms with van der Waals surface area (Å²) in [5.41, 5.74) is 2.50. The standard InChI is InChI=1S/C35H40FN5O4S/c1-34(2)13-6-14-35(3,24-8-5-7-23(19-24)11-17-42)33-39-32(41(4)40-33)30-20-25(9-15-38-30)45-31-27(12-18-46(43,44)22-34)26-10-16-37-29(26)21-28(31)36/h5,7-10,15-16,19-21,37,42H,6,11-14,17-18,22H2,1-4H3/t35-/m1/s1. The van der Waals surface area contributed by atoms with Gasteiger partial charge in [-0.1, -0.05) is 44.5 Å². The zero-order valence-corrected chi connectivity index (χ0v) is 27.5. The second-order valence-electron chi connectivity index (χ2n) is 13.3. The summed E-state index contributed by atoms with van der Waals surface area (Å²) in [5, 5.41) is 15.2. The SMILES string of the molecule is Cn1nc2nc1-c1cc(ccn1)Oc1c(F)cc3[nH]ccc3c1CCS(=O)(=O)CC(C)(C)CCC[C@]2(C)c1cccc(CCO)c1. The van der Waals surface area contributed by atoms with Gasteiger partial charge in [0.05, 0.1) is 16.9 Å². The molecule has 2 aromatic carbocycles. The van der Waals surface area contributed by atoms with Gasteiger partial charge in [0.2, 0.25) is 0 Å². The zero-order valence-electron chi connectivity index (χ0n) is 26.7. The second kappa shape index (κ2) is 12.3. The van der Waals surface area contributed by atoms with Crippen LogP contribution in [0.3, 0.4) is 0 Å². The summed E-state index contributed by atoms with van der Waals surface area (Å²) >= 11 is 0. The number of hydrogen-bond donors (Lipinski definition) is 2. The topological polar surface area (TPSA) is 123 Å². The van der Waals surface area contributed by atoms with E-state index in [4.69, 9.17) is 14.8 Å². The van der Waals surface area contributed by atoms with Crippen molar-refractivity contribution in [1.29, 1.82) is 0 Å². The molecule has 4 bridgehead atoms. The number of sulfone groups is 1. The Hall–Kier alpha value is -4.09. The number of benzene rings is 2. The van der Waals surface area contributed by atoms with Crippen LogP contribution in [0.1, 0.15) is 62.5 Å². The number of H-pyrrole nitrogens is 1. The fourth-order valence-electron chi connectivity index (χ4n) is 6.64. The maximum absolute atomic E-state index is 15.6. The maximum Gasteiger partial charge on any atom is 0.176 e. The van der Waals surface area contributed by atoms with E-state index in [0.29, 0.717) is 53.4 Å². The van der Waals surface area contributed by atoms with Gasteiger partial charge in [0.25, 0.3) is 0 Å². The van der Waals surface area contributed by atoms with Crippen molar-refractivity contribution in [3.63, 3.8) is 0 Å². The number of nitrogens with one attached hydrogen (secondary N) is 1. The Morgan fingerprint density at radius 2 is 1.93 bits per heavy atom. The molecule has 4 heterocycles. The van der Waals surface area contributed by atoms with E-state index >= 15 is 4.39 Å². The van der Waals surface area contributed by atoms with Crippen LogP contribution in [-0.2, 0) is 35.1 Å². The fraction of sp³-hybridized carbons (Fsp3) is 0.400. The minimum Gasteiger partial charge on any atom is -0.454 e. The van der Waals surface area contributed by atoms with E-state index in [1.54, 1.807) is 29.2 Å². The molecule has 9 nitrogen and oxygen atoms in total. The molecule has 1 aliphatic heterocycles. The number of halogens is 1. The maximum atomic E-state index is 15.6. The van der Waals surface area contributed by atoms with Crippen molar-refractivity contribution in [2.75, 3.05) is 18.1 Å². The predicted octanol–water partition coefficient (Wildman–Crippen LogP) is 6.30. The van der Waals surface area contributed by atoms with Crippen molar-refractivity contribution in [1.82, 2.24) is 24.7 Å². The van der Waals surface area contributed by atoms with Gasteiger partial charge in [0.15, 0.2) is 33.1 Å². The summed E-state index contributed by atoms with van der Waals surface area (Å²) < 4.78 is 50.6. The lowest BCUT2D eigenvalue weighted by atomic mass is 9.75. The normalized spacial score (nSPS) is 20.0. The van der Waals surface area contributed by atoms with Gasteiger partial charge in [-0.25, -0.2) is 22.5 Å². The number of ether oxygens (including phenoxy) is 1.